The van der Waals surface area contributed by atoms with Crippen LogP contribution in [0.3, 0.4) is 0 Å². The van der Waals surface area contributed by atoms with E-state index in [9.17, 15) is 13.5 Å². The Labute approximate surface area is 126 Å². The molecule has 4 nitrogen and oxygen atoms in total. The Morgan fingerprint density at radius 1 is 1.10 bits per heavy atom. The molecule has 0 amide bonds. The second-order valence-corrected chi connectivity index (χ2v) is 7.26. The lowest BCUT2D eigenvalue weighted by Crippen LogP contribution is -1.99. The van der Waals surface area contributed by atoms with Crippen LogP contribution in [-0.4, -0.2) is 18.1 Å². The first-order valence-corrected chi connectivity index (χ1v) is 8.42. The van der Waals surface area contributed by atoms with Gasteiger partial charge in [-0.1, -0.05) is 18.2 Å². The first kappa shape index (κ1) is 14.1. The van der Waals surface area contributed by atoms with Crippen molar-refractivity contribution in [3.8, 4) is 16.2 Å². The van der Waals surface area contributed by atoms with Crippen molar-refractivity contribution in [2.45, 2.75) is 11.8 Å². The fraction of sp³-hybridized carbons (Fsp3) is 0.0667. The van der Waals surface area contributed by atoms with Crippen molar-refractivity contribution in [1.29, 1.82) is 0 Å². The number of benzene rings is 2. The molecule has 0 saturated carbocycles. The van der Waals surface area contributed by atoms with Gasteiger partial charge < -0.3 is 5.11 Å². The molecule has 0 aliphatic carbocycles. The molecule has 0 saturated heterocycles. The van der Waals surface area contributed by atoms with Gasteiger partial charge in [0.05, 0.1) is 4.90 Å². The molecular weight excluding hydrogens is 308 g/mol. The van der Waals surface area contributed by atoms with E-state index in [4.69, 9.17) is 4.55 Å². The summed E-state index contributed by atoms with van der Waals surface area (Å²) < 4.78 is 32.5. The Hall–Kier alpha value is -1.89. The third kappa shape index (κ3) is 2.53. The molecule has 0 bridgehead atoms. The minimum absolute atomic E-state index is 0.158. The lowest BCUT2D eigenvalue weighted by molar-refractivity contribution is 0.467. The van der Waals surface area contributed by atoms with E-state index in [2.05, 4.69) is 0 Å². The molecule has 0 aliphatic heterocycles. The maximum atomic E-state index is 11.2. The van der Waals surface area contributed by atoms with Crippen LogP contribution < -0.4 is 0 Å². The summed E-state index contributed by atoms with van der Waals surface area (Å²) in [6.07, 6.45) is 0. The largest absolute Gasteiger partial charge is 0.507 e. The molecule has 0 fully saturated rings. The van der Waals surface area contributed by atoms with Gasteiger partial charge in [-0.05, 0) is 36.1 Å². The summed E-state index contributed by atoms with van der Waals surface area (Å²) in [7, 11) is -4.33. The number of aryl methyl sites for hydroxylation is 1. The summed E-state index contributed by atoms with van der Waals surface area (Å²) in [5.74, 6) is -0.158. The van der Waals surface area contributed by atoms with E-state index >= 15 is 0 Å². The first-order valence-electron chi connectivity index (χ1n) is 6.16. The molecule has 0 unspecified atom stereocenters. The molecule has 3 rings (SSSR count). The van der Waals surface area contributed by atoms with Gasteiger partial charge in [-0.2, -0.15) is 8.42 Å². The monoisotopic (exact) mass is 320 g/mol. The van der Waals surface area contributed by atoms with Gasteiger partial charge in [0.1, 0.15) is 5.75 Å². The molecule has 21 heavy (non-hydrogen) atoms. The molecule has 108 valence electrons. The number of fused-ring (bicyclic) bond motifs is 1. The molecule has 2 N–H and O–H groups in total. The van der Waals surface area contributed by atoms with Gasteiger partial charge in [-0.15, -0.1) is 11.3 Å². The molecule has 2 aromatic carbocycles. The summed E-state index contributed by atoms with van der Waals surface area (Å²) in [5.41, 5.74) is 1.18. The van der Waals surface area contributed by atoms with Gasteiger partial charge in [0.25, 0.3) is 10.1 Å². The van der Waals surface area contributed by atoms with Crippen LogP contribution in [0.4, 0.5) is 0 Å². The minimum Gasteiger partial charge on any atom is -0.507 e. The van der Waals surface area contributed by atoms with Gasteiger partial charge >= 0.3 is 0 Å². The number of aromatic hydroxyl groups is 1. The average Bonchev–Trinajstić information content (AvgIpc) is 2.79. The highest BCUT2D eigenvalue weighted by Crippen LogP contribution is 2.40. The van der Waals surface area contributed by atoms with Crippen LogP contribution in [0.25, 0.3) is 20.5 Å². The SMILES string of the molecule is Cc1cc(S(=O)(=O)O)cc(O)c1-c1cc2ccccc2s1. The summed E-state index contributed by atoms with van der Waals surface area (Å²) in [6.45, 7) is 1.70. The maximum Gasteiger partial charge on any atom is 0.294 e. The van der Waals surface area contributed by atoms with Crippen LogP contribution in [0.15, 0.2) is 47.4 Å². The van der Waals surface area contributed by atoms with Crippen molar-refractivity contribution in [3.05, 3.63) is 48.0 Å². The zero-order valence-corrected chi connectivity index (χ0v) is 12.7. The second kappa shape index (κ2) is 4.84. The Kier molecular flexibility index (Phi) is 3.24. The molecule has 1 aromatic heterocycles. The van der Waals surface area contributed by atoms with Crippen LogP contribution in [-0.2, 0) is 10.1 Å². The van der Waals surface area contributed by atoms with E-state index in [0.717, 1.165) is 21.0 Å². The maximum absolute atomic E-state index is 11.2. The van der Waals surface area contributed by atoms with Crippen molar-refractivity contribution < 1.29 is 18.1 Å². The van der Waals surface area contributed by atoms with Gasteiger partial charge in [0.2, 0.25) is 0 Å². The van der Waals surface area contributed by atoms with Gasteiger partial charge in [-0.25, -0.2) is 0 Å². The van der Waals surface area contributed by atoms with E-state index in [0.29, 0.717) is 11.1 Å². The van der Waals surface area contributed by atoms with Crippen LogP contribution in [0.5, 0.6) is 5.75 Å². The number of hydrogen-bond acceptors (Lipinski definition) is 4. The number of phenols is 1. The third-order valence-electron chi connectivity index (χ3n) is 3.26. The van der Waals surface area contributed by atoms with Crippen molar-refractivity contribution in [2.75, 3.05) is 0 Å². The number of hydrogen-bond donors (Lipinski definition) is 2. The molecule has 0 atom stereocenters. The van der Waals surface area contributed by atoms with Gasteiger partial charge in [0, 0.05) is 21.2 Å². The summed E-state index contributed by atoms with van der Waals surface area (Å²) in [5, 5.41) is 11.2. The highest BCUT2D eigenvalue weighted by molar-refractivity contribution is 7.85. The zero-order valence-electron chi connectivity index (χ0n) is 11.1. The Morgan fingerprint density at radius 2 is 1.81 bits per heavy atom. The van der Waals surface area contributed by atoms with Crippen LogP contribution in [0.2, 0.25) is 0 Å². The van der Waals surface area contributed by atoms with E-state index in [1.54, 1.807) is 6.92 Å². The third-order valence-corrected chi connectivity index (χ3v) is 5.22. The first-order chi connectivity index (χ1) is 9.86. The lowest BCUT2D eigenvalue weighted by atomic mass is 10.1. The average molecular weight is 320 g/mol. The molecule has 6 heteroatoms. The predicted octanol–water partition coefficient (Wildman–Crippen LogP) is 3.83. The van der Waals surface area contributed by atoms with Gasteiger partial charge in [0.15, 0.2) is 0 Å². The fourth-order valence-electron chi connectivity index (χ4n) is 2.31. The summed E-state index contributed by atoms with van der Waals surface area (Å²) in [4.78, 5) is 0.551. The smallest absolute Gasteiger partial charge is 0.294 e. The van der Waals surface area contributed by atoms with Crippen molar-refractivity contribution in [2.24, 2.45) is 0 Å². The minimum atomic E-state index is -4.33. The predicted molar refractivity (Wildman–Crippen MR) is 83.5 cm³/mol. The molecular formula is C15H12O4S2. The van der Waals surface area contributed by atoms with Crippen LogP contribution in [0, 0.1) is 6.92 Å². The van der Waals surface area contributed by atoms with Crippen LogP contribution >= 0.6 is 11.3 Å². The standard InChI is InChI=1S/C15H12O4S2/c1-9-6-11(21(17,18)19)8-12(16)15(9)14-7-10-4-2-3-5-13(10)20-14/h2-8,16H,1H3,(H,17,18,19). The highest BCUT2D eigenvalue weighted by Gasteiger charge is 2.17. The Bertz CT molecular complexity index is 883. The number of phenolic OH excluding ortho intramolecular Hbond substituents is 1. The Balaban J connectivity index is 2.23. The van der Waals surface area contributed by atoms with E-state index < -0.39 is 10.1 Å². The second-order valence-electron chi connectivity index (χ2n) is 4.76. The quantitative estimate of drug-likeness (QED) is 0.704. The van der Waals surface area contributed by atoms with Crippen molar-refractivity contribution in [1.82, 2.24) is 0 Å². The number of thiophene rings is 1. The zero-order chi connectivity index (χ0) is 15.2. The molecule has 0 aliphatic rings. The normalized spacial score (nSPS) is 11.9. The van der Waals surface area contributed by atoms with E-state index in [-0.39, 0.29) is 10.6 Å². The molecule has 0 radical (unpaired) electrons. The van der Waals surface area contributed by atoms with Gasteiger partial charge in [-0.3, -0.25) is 4.55 Å². The van der Waals surface area contributed by atoms with E-state index in [1.807, 2.05) is 30.3 Å². The van der Waals surface area contributed by atoms with Crippen molar-refractivity contribution in [3.63, 3.8) is 0 Å². The highest BCUT2D eigenvalue weighted by atomic mass is 32.2. The van der Waals surface area contributed by atoms with Crippen LogP contribution in [0.1, 0.15) is 5.56 Å². The Morgan fingerprint density at radius 3 is 2.43 bits per heavy atom. The fourth-order valence-corrected chi connectivity index (χ4v) is 4.08. The molecule has 1 heterocycles. The lowest BCUT2D eigenvalue weighted by Gasteiger charge is -2.08. The van der Waals surface area contributed by atoms with E-state index in [1.165, 1.54) is 17.4 Å². The summed E-state index contributed by atoms with van der Waals surface area (Å²) >= 11 is 1.52. The molecule has 3 aromatic rings. The summed E-state index contributed by atoms with van der Waals surface area (Å²) in [6, 6.07) is 12.2. The topological polar surface area (TPSA) is 74.6 Å². The van der Waals surface area contributed by atoms with Crippen molar-refractivity contribution >= 4 is 31.5 Å². The number of rotatable bonds is 2. The molecule has 0 spiro atoms.